The summed E-state index contributed by atoms with van der Waals surface area (Å²) in [6.45, 7) is 5.28. The average molecular weight is 193 g/mol. The Bertz CT molecular complexity index is 248. The molecule has 1 aromatic rings. The third-order valence-corrected chi connectivity index (χ3v) is 2.41. The maximum atomic E-state index is 8.86. The molecular formula is C12H19NO. The van der Waals surface area contributed by atoms with E-state index in [-0.39, 0.29) is 12.6 Å². The molecule has 1 rings (SSSR count). The van der Waals surface area contributed by atoms with E-state index in [4.69, 9.17) is 5.11 Å². The predicted molar refractivity (Wildman–Crippen MR) is 59.4 cm³/mol. The minimum Gasteiger partial charge on any atom is -0.395 e. The number of aliphatic hydroxyl groups is 1. The summed E-state index contributed by atoms with van der Waals surface area (Å²) in [6, 6.07) is 10.6. The van der Waals surface area contributed by atoms with E-state index in [1.807, 2.05) is 13.0 Å². The first-order valence-electron chi connectivity index (χ1n) is 5.13. The first-order valence-corrected chi connectivity index (χ1v) is 5.13. The number of benzene rings is 1. The van der Waals surface area contributed by atoms with E-state index < -0.39 is 0 Å². The number of hydrogen-bond acceptors (Lipinski definition) is 2. The molecule has 0 aromatic heterocycles. The van der Waals surface area contributed by atoms with Crippen LogP contribution in [0.15, 0.2) is 30.3 Å². The molecule has 0 fully saturated rings. The summed E-state index contributed by atoms with van der Waals surface area (Å²) in [6.07, 6.45) is 0. The highest BCUT2D eigenvalue weighted by molar-refractivity contribution is 5.18. The molecule has 0 bridgehead atoms. The zero-order valence-electron chi connectivity index (χ0n) is 8.90. The molecule has 0 heterocycles. The normalized spacial score (nSPS) is 15.1. The molecule has 1 unspecified atom stereocenters. The van der Waals surface area contributed by atoms with Gasteiger partial charge in [0.05, 0.1) is 6.61 Å². The fourth-order valence-corrected chi connectivity index (χ4v) is 1.34. The molecule has 78 valence electrons. The van der Waals surface area contributed by atoms with Gasteiger partial charge >= 0.3 is 0 Å². The summed E-state index contributed by atoms with van der Waals surface area (Å²) < 4.78 is 0. The standard InChI is InChI=1S/C12H19NO/c1-10(8-13-11(2)9-14)12-6-4-3-5-7-12/h3-7,10-11,13-14H,8-9H2,1-2H3/t10?,11-/m1/s1. The van der Waals surface area contributed by atoms with Gasteiger partial charge in [-0.25, -0.2) is 0 Å². The van der Waals surface area contributed by atoms with Crippen LogP contribution in [0.2, 0.25) is 0 Å². The van der Waals surface area contributed by atoms with Gasteiger partial charge in [0.15, 0.2) is 0 Å². The van der Waals surface area contributed by atoms with Gasteiger partial charge in [0.25, 0.3) is 0 Å². The summed E-state index contributed by atoms with van der Waals surface area (Å²) >= 11 is 0. The van der Waals surface area contributed by atoms with Crippen molar-refractivity contribution in [2.75, 3.05) is 13.2 Å². The van der Waals surface area contributed by atoms with Gasteiger partial charge in [0, 0.05) is 12.6 Å². The van der Waals surface area contributed by atoms with Gasteiger partial charge in [0.1, 0.15) is 0 Å². The molecule has 0 spiro atoms. The summed E-state index contributed by atoms with van der Waals surface area (Å²) in [4.78, 5) is 0. The molecule has 2 N–H and O–H groups in total. The van der Waals surface area contributed by atoms with Crippen LogP contribution in [0.1, 0.15) is 25.3 Å². The van der Waals surface area contributed by atoms with Gasteiger partial charge in [0.2, 0.25) is 0 Å². The van der Waals surface area contributed by atoms with Crippen LogP contribution in [-0.2, 0) is 0 Å². The van der Waals surface area contributed by atoms with Crippen molar-refractivity contribution in [1.29, 1.82) is 0 Å². The van der Waals surface area contributed by atoms with E-state index >= 15 is 0 Å². The van der Waals surface area contributed by atoms with Crippen LogP contribution in [0.5, 0.6) is 0 Å². The Hall–Kier alpha value is -0.860. The predicted octanol–water partition coefficient (Wildman–Crippen LogP) is 1.76. The third kappa shape index (κ3) is 3.48. The number of nitrogens with one attached hydrogen (secondary N) is 1. The first-order chi connectivity index (χ1) is 6.74. The Balaban J connectivity index is 2.39. The minimum absolute atomic E-state index is 0.182. The van der Waals surface area contributed by atoms with Gasteiger partial charge in [-0.2, -0.15) is 0 Å². The van der Waals surface area contributed by atoms with Gasteiger partial charge in [-0.15, -0.1) is 0 Å². The van der Waals surface area contributed by atoms with Crippen LogP contribution < -0.4 is 5.32 Å². The van der Waals surface area contributed by atoms with Crippen molar-refractivity contribution in [2.24, 2.45) is 0 Å². The van der Waals surface area contributed by atoms with Gasteiger partial charge in [-0.3, -0.25) is 0 Å². The largest absolute Gasteiger partial charge is 0.395 e. The topological polar surface area (TPSA) is 32.3 Å². The molecule has 14 heavy (non-hydrogen) atoms. The highest BCUT2D eigenvalue weighted by Gasteiger charge is 2.05. The van der Waals surface area contributed by atoms with Crippen molar-refractivity contribution in [1.82, 2.24) is 5.32 Å². The smallest absolute Gasteiger partial charge is 0.0581 e. The molecule has 1 aromatic carbocycles. The second-order valence-electron chi connectivity index (χ2n) is 3.80. The zero-order chi connectivity index (χ0) is 10.4. The van der Waals surface area contributed by atoms with E-state index in [9.17, 15) is 0 Å². The minimum atomic E-state index is 0.182. The van der Waals surface area contributed by atoms with Gasteiger partial charge in [-0.1, -0.05) is 37.3 Å². The molecule has 0 aliphatic heterocycles. The van der Waals surface area contributed by atoms with E-state index in [2.05, 4.69) is 36.5 Å². The van der Waals surface area contributed by atoms with Crippen LogP contribution in [-0.4, -0.2) is 24.3 Å². The van der Waals surface area contributed by atoms with Crippen molar-refractivity contribution >= 4 is 0 Å². The van der Waals surface area contributed by atoms with Gasteiger partial charge < -0.3 is 10.4 Å². The van der Waals surface area contributed by atoms with Crippen molar-refractivity contribution in [3.8, 4) is 0 Å². The van der Waals surface area contributed by atoms with Gasteiger partial charge in [-0.05, 0) is 18.4 Å². The highest BCUT2D eigenvalue weighted by atomic mass is 16.3. The lowest BCUT2D eigenvalue weighted by Crippen LogP contribution is -2.32. The van der Waals surface area contributed by atoms with E-state index in [0.717, 1.165) is 6.54 Å². The Morgan fingerprint density at radius 2 is 1.86 bits per heavy atom. The third-order valence-electron chi connectivity index (χ3n) is 2.41. The summed E-state index contributed by atoms with van der Waals surface area (Å²) in [7, 11) is 0. The molecule has 0 saturated carbocycles. The van der Waals surface area contributed by atoms with Crippen LogP contribution in [0.25, 0.3) is 0 Å². The van der Waals surface area contributed by atoms with Crippen molar-refractivity contribution in [2.45, 2.75) is 25.8 Å². The average Bonchev–Trinajstić information content (AvgIpc) is 2.26. The molecule has 0 amide bonds. The summed E-state index contributed by atoms with van der Waals surface area (Å²) in [5.41, 5.74) is 1.34. The number of hydrogen-bond donors (Lipinski definition) is 2. The first kappa shape index (κ1) is 11.2. The van der Waals surface area contributed by atoms with Crippen LogP contribution in [0.4, 0.5) is 0 Å². The molecule has 0 radical (unpaired) electrons. The number of aliphatic hydroxyl groups excluding tert-OH is 1. The fraction of sp³-hybridized carbons (Fsp3) is 0.500. The zero-order valence-corrected chi connectivity index (χ0v) is 8.90. The lowest BCUT2D eigenvalue weighted by atomic mass is 10.0. The quantitative estimate of drug-likeness (QED) is 0.747. The molecule has 2 nitrogen and oxygen atoms in total. The Morgan fingerprint density at radius 1 is 1.21 bits per heavy atom. The van der Waals surface area contributed by atoms with E-state index in [1.165, 1.54) is 5.56 Å². The Labute approximate surface area is 86.0 Å². The SMILES string of the molecule is CC(CN[C@H](C)CO)c1ccccc1. The lowest BCUT2D eigenvalue weighted by Gasteiger charge is -2.16. The second kappa shape index (κ2) is 5.78. The highest BCUT2D eigenvalue weighted by Crippen LogP contribution is 2.12. The molecule has 2 atom stereocenters. The maximum absolute atomic E-state index is 8.86. The van der Waals surface area contributed by atoms with E-state index in [0.29, 0.717) is 5.92 Å². The van der Waals surface area contributed by atoms with Crippen LogP contribution >= 0.6 is 0 Å². The molecule has 2 heteroatoms. The monoisotopic (exact) mass is 193 g/mol. The van der Waals surface area contributed by atoms with Crippen LogP contribution in [0.3, 0.4) is 0 Å². The van der Waals surface area contributed by atoms with E-state index in [1.54, 1.807) is 0 Å². The molecule has 0 aliphatic carbocycles. The number of rotatable bonds is 5. The van der Waals surface area contributed by atoms with Crippen LogP contribution in [0, 0.1) is 0 Å². The maximum Gasteiger partial charge on any atom is 0.0581 e. The summed E-state index contributed by atoms with van der Waals surface area (Å²) in [5, 5.41) is 12.1. The molecule has 0 aliphatic rings. The molecule has 0 saturated heterocycles. The fourth-order valence-electron chi connectivity index (χ4n) is 1.34. The summed E-state index contributed by atoms with van der Waals surface area (Å²) in [5.74, 6) is 0.491. The molecular weight excluding hydrogens is 174 g/mol. The van der Waals surface area contributed by atoms with Crippen molar-refractivity contribution in [3.05, 3.63) is 35.9 Å². The Morgan fingerprint density at radius 3 is 2.43 bits per heavy atom. The van der Waals surface area contributed by atoms with Crippen molar-refractivity contribution < 1.29 is 5.11 Å². The Kier molecular flexibility index (Phi) is 4.63. The lowest BCUT2D eigenvalue weighted by molar-refractivity contribution is 0.250. The van der Waals surface area contributed by atoms with Crippen molar-refractivity contribution in [3.63, 3.8) is 0 Å². The second-order valence-corrected chi connectivity index (χ2v) is 3.80.